The number of piperidine rings is 1. The van der Waals surface area contributed by atoms with Crippen LogP contribution in [0, 0.1) is 11.8 Å². The molecule has 0 bridgehead atoms. The van der Waals surface area contributed by atoms with Crippen LogP contribution in [-0.2, 0) is 0 Å². The third-order valence-corrected chi connectivity index (χ3v) is 4.19. The van der Waals surface area contributed by atoms with E-state index < -0.39 is 0 Å². The predicted octanol–water partition coefficient (Wildman–Crippen LogP) is 2.11. The summed E-state index contributed by atoms with van der Waals surface area (Å²) in [6, 6.07) is 0.786. The lowest BCUT2D eigenvalue weighted by Crippen LogP contribution is -2.48. The molecule has 2 heteroatoms. The van der Waals surface area contributed by atoms with Gasteiger partial charge in [-0.15, -0.1) is 0 Å². The molecule has 1 heterocycles. The van der Waals surface area contributed by atoms with Gasteiger partial charge in [-0.1, -0.05) is 19.8 Å². The molecule has 1 saturated heterocycles. The van der Waals surface area contributed by atoms with Crippen LogP contribution in [0.2, 0.25) is 0 Å². The lowest BCUT2D eigenvalue weighted by molar-refractivity contribution is 0.156. The highest BCUT2D eigenvalue weighted by atomic mass is 15.2. The van der Waals surface area contributed by atoms with Gasteiger partial charge in [-0.05, 0) is 44.7 Å². The lowest BCUT2D eigenvalue weighted by Gasteiger charge is -2.36. The Morgan fingerprint density at radius 1 is 1.20 bits per heavy atom. The van der Waals surface area contributed by atoms with E-state index >= 15 is 0 Å². The normalized spacial score (nSPS) is 33.8. The van der Waals surface area contributed by atoms with Gasteiger partial charge in [0.15, 0.2) is 0 Å². The second-order valence-electron chi connectivity index (χ2n) is 5.74. The zero-order chi connectivity index (χ0) is 10.7. The molecular formula is C13H26N2. The number of hydrogen-bond donors (Lipinski definition) is 1. The van der Waals surface area contributed by atoms with E-state index in [9.17, 15) is 0 Å². The molecule has 2 rings (SSSR count). The maximum Gasteiger partial charge on any atom is 0.0220 e. The quantitative estimate of drug-likeness (QED) is 0.767. The van der Waals surface area contributed by atoms with Crippen LogP contribution in [0.4, 0.5) is 0 Å². The summed E-state index contributed by atoms with van der Waals surface area (Å²) < 4.78 is 0. The fourth-order valence-corrected chi connectivity index (χ4v) is 3.21. The first-order valence-electron chi connectivity index (χ1n) is 6.66. The number of nitrogens with one attached hydrogen (secondary N) is 1. The monoisotopic (exact) mass is 210 g/mol. The van der Waals surface area contributed by atoms with Crippen LogP contribution in [0.15, 0.2) is 0 Å². The zero-order valence-electron chi connectivity index (χ0n) is 10.3. The molecule has 0 aromatic heterocycles. The highest BCUT2D eigenvalue weighted by Crippen LogP contribution is 2.26. The molecule has 88 valence electrons. The van der Waals surface area contributed by atoms with Crippen molar-refractivity contribution in [2.24, 2.45) is 11.8 Å². The van der Waals surface area contributed by atoms with Gasteiger partial charge in [0.2, 0.25) is 0 Å². The zero-order valence-corrected chi connectivity index (χ0v) is 10.3. The van der Waals surface area contributed by atoms with Crippen molar-refractivity contribution in [2.75, 3.05) is 26.7 Å². The molecule has 2 atom stereocenters. The first-order chi connectivity index (χ1) is 7.25. The van der Waals surface area contributed by atoms with Crippen LogP contribution in [-0.4, -0.2) is 37.6 Å². The van der Waals surface area contributed by atoms with E-state index in [1.807, 2.05) is 0 Å². The highest BCUT2D eigenvalue weighted by Gasteiger charge is 2.24. The molecule has 2 fully saturated rings. The van der Waals surface area contributed by atoms with Crippen LogP contribution in [0.1, 0.15) is 39.0 Å². The van der Waals surface area contributed by atoms with Crippen LogP contribution in [0.3, 0.4) is 0 Å². The van der Waals surface area contributed by atoms with Gasteiger partial charge < -0.3 is 10.2 Å². The fraction of sp³-hybridized carbons (Fsp3) is 1.00. The summed E-state index contributed by atoms with van der Waals surface area (Å²) in [6.07, 6.45) is 7.27. The summed E-state index contributed by atoms with van der Waals surface area (Å²) >= 11 is 0. The van der Waals surface area contributed by atoms with Gasteiger partial charge in [-0.3, -0.25) is 0 Å². The molecule has 0 amide bonds. The van der Waals surface area contributed by atoms with Crippen molar-refractivity contribution in [1.29, 1.82) is 0 Å². The first kappa shape index (κ1) is 11.4. The smallest absolute Gasteiger partial charge is 0.0220 e. The van der Waals surface area contributed by atoms with Gasteiger partial charge in [-0.25, -0.2) is 0 Å². The summed E-state index contributed by atoms with van der Waals surface area (Å²) in [4.78, 5) is 2.61. The number of likely N-dealkylation sites (N-methyl/N-ethyl adjacent to an activating group) is 1. The summed E-state index contributed by atoms with van der Waals surface area (Å²) in [7, 11) is 2.32. The summed E-state index contributed by atoms with van der Waals surface area (Å²) in [5.74, 6) is 1.85. The Morgan fingerprint density at radius 2 is 1.93 bits per heavy atom. The lowest BCUT2D eigenvalue weighted by atomic mass is 9.96. The number of rotatable bonds is 3. The topological polar surface area (TPSA) is 15.3 Å². The summed E-state index contributed by atoms with van der Waals surface area (Å²) in [5, 5.41) is 3.55. The van der Waals surface area contributed by atoms with Gasteiger partial charge >= 0.3 is 0 Å². The van der Waals surface area contributed by atoms with E-state index in [2.05, 4.69) is 24.2 Å². The second kappa shape index (κ2) is 5.31. The van der Waals surface area contributed by atoms with E-state index in [1.54, 1.807) is 0 Å². The van der Waals surface area contributed by atoms with Crippen molar-refractivity contribution in [1.82, 2.24) is 10.2 Å². The largest absolute Gasteiger partial charge is 0.315 e. The number of nitrogens with zero attached hydrogens (tertiary/aromatic N) is 1. The van der Waals surface area contributed by atoms with Crippen molar-refractivity contribution in [3.63, 3.8) is 0 Å². The van der Waals surface area contributed by atoms with Crippen molar-refractivity contribution in [3.8, 4) is 0 Å². The number of hydrogen-bond acceptors (Lipinski definition) is 2. The minimum Gasteiger partial charge on any atom is -0.315 e. The van der Waals surface area contributed by atoms with E-state index in [-0.39, 0.29) is 0 Å². The molecule has 0 radical (unpaired) electrons. The molecule has 2 unspecified atom stereocenters. The molecule has 1 aliphatic heterocycles. The minimum atomic E-state index is 0.786. The Labute approximate surface area is 94.4 Å². The van der Waals surface area contributed by atoms with Gasteiger partial charge in [0.05, 0.1) is 0 Å². The standard InChI is InChI=1S/C13H26N2/c1-11-7-13(9-14-8-11)15(2)10-12-5-3-4-6-12/h11-14H,3-10H2,1-2H3. The Morgan fingerprint density at radius 3 is 2.60 bits per heavy atom. The van der Waals surface area contributed by atoms with Crippen molar-refractivity contribution in [3.05, 3.63) is 0 Å². The summed E-state index contributed by atoms with van der Waals surface area (Å²) in [6.45, 7) is 6.11. The van der Waals surface area contributed by atoms with E-state index in [4.69, 9.17) is 0 Å². The SMILES string of the molecule is CC1CNCC(N(C)CC2CCCC2)C1. The predicted molar refractivity (Wildman–Crippen MR) is 65.0 cm³/mol. The van der Waals surface area contributed by atoms with Gasteiger partial charge in [0, 0.05) is 19.1 Å². The molecule has 2 aliphatic rings. The maximum absolute atomic E-state index is 3.55. The average molecular weight is 210 g/mol. The van der Waals surface area contributed by atoms with Crippen LogP contribution >= 0.6 is 0 Å². The molecule has 15 heavy (non-hydrogen) atoms. The van der Waals surface area contributed by atoms with Crippen LogP contribution < -0.4 is 5.32 Å². The van der Waals surface area contributed by atoms with E-state index in [0.717, 1.165) is 17.9 Å². The molecule has 0 spiro atoms. The van der Waals surface area contributed by atoms with Gasteiger partial charge in [-0.2, -0.15) is 0 Å². The van der Waals surface area contributed by atoms with Crippen molar-refractivity contribution >= 4 is 0 Å². The Hall–Kier alpha value is -0.0800. The Balaban J connectivity index is 1.76. The Bertz CT molecular complexity index is 187. The van der Waals surface area contributed by atoms with E-state index in [1.165, 1.54) is 51.7 Å². The van der Waals surface area contributed by atoms with Crippen LogP contribution in [0.25, 0.3) is 0 Å². The first-order valence-corrected chi connectivity index (χ1v) is 6.66. The molecule has 0 aromatic rings. The molecule has 1 aliphatic carbocycles. The molecular weight excluding hydrogens is 184 g/mol. The van der Waals surface area contributed by atoms with Gasteiger partial charge in [0.25, 0.3) is 0 Å². The molecule has 0 aromatic carbocycles. The summed E-state index contributed by atoms with van der Waals surface area (Å²) in [5.41, 5.74) is 0. The van der Waals surface area contributed by atoms with Gasteiger partial charge in [0.1, 0.15) is 0 Å². The van der Waals surface area contributed by atoms with E-state index in [0.29, 0.717) is 0 Å². The van der Waals surface area contributed by atoms with Crippen LogP contribution in [0.5, 0.6) is 0 Å². The van der Waals surface area contributed by atoms with Crippen molar-refractivity contribution < 1.29 is 0 Å². The third kappa shape index (κ3) is 3.18. The average Bonchev–Trinajstić information content (AvgIpc) is 2.70. The molecule has 2 nitrogen and oxygen atoms in total. The second-order valence-corrected chi connectivity index (χ2v) is 5.74. The molecule has 1 saturated carbocycles. The molecule has 1 N–H and O–H groups in total. The minimum absolute atomic E-state index is 0.786. The highest BCUT2D eigenvalue weighted by molar-refractivity contribution is 4.82. The maximum atomic E-state index is 3.55. The van der Waals surface area contributed by atoms with Crippen molar-refractivity contribution in [2.45, 2.75) is 45.1 Å². The Kier molecular flexibility index (Phi) is 4.04. The third-order valence-electron chi connectivity index (χ3n) is 4.19. The fourth-order valence-electron chi connectivity index (χ4n) is 3.21.